The van der Waals surface area contributed by atoms with E-state index in [1.807, 2.05) is 36.4 Å². The summed E-state index contributed by atoms with van der Waals surface area (Å²) in [7, 11) is 0. The summed E-state index contributed by atoms with van der Waals surface area (Å²) in [6.45, 7) is 0. The summed E-state index contributed by atoms with van der Waals surface area (Å²) < 4.78 is 1.19. The van der Waals surface area contributed by atoms with Crippen molar-refractivity contribution in [2.75, 3.05) is 0 Å². The molecule has 1 aromatic carbocycles. The van der Waals surface area contributed by atoms with E-state index in [4.69, 9.17) is 16.9 Å². The molecular weight excluding hydrogens is 214 g/mol. The van der Waals surface area contributed by atoms with Gasteiger partial charge in [-0.25, -0.2) is 0 Å². The van der Waals surface area contributed by atoms with Crippen LogP contribution >= 0.6 is 22.9 Å². The number of benzene rings is 1. The van der Waals surface area contributed by atoms with Crippen molar-refractivity contribution in [3.05, 3.63) is 41.3 Å². The van der Waals surface area contributed by atoms with Crippen molar-refractivity contribution in [1.29, 1.82) is 5.26 Å². The second-order valence-electron chi connectivity index (χ2n) is 2.77. The summed E-state index contributed by atoms with van der Waals surface area (Å²) >= 11 is 7.52. The number of thiophene rings is 1. The molecule has 0 spiro atoms. The van der Waals surface area contributed by atoms with Crippen molar-refractivity contribution in [2.45, 2.75) is 0 Å². The predicted molar refractivity (Wildman–Crippen MR) is 61.3 cm³/mol. The van der Waals surface area contributed by atoms with Crippen molar-refractivity contribution < 1.29 is 0 Å². The fraction of sp³-hybridized carbons (Fsp3) is 0. The lowest BCUT2D eigenvalue weighted by atomic mass is 10.2. The van der Waals surface area contributed by atoms with Crippen molar-refractivity contribution in [3.63, 3.8) is 0 Å². The third-order valence-electron chi connectivity index (χ3n) is 1.85. The Hall–Kier alpha value is -1.30. The fourth-order valence-electron chi connectivity index (χ4n) is 1.23. The molecule has 0 N–H and O–H groups in total. The fourth-order valence-corrected chi connectivity index (χ4v) is 2.42. The van der Waals surface area contributed by atoms with Gasteiger partial charge < -0.3 is 0 Å². The minimum atomic E-state index is 0.508. The third kappa shape index (κ3) is 1.65. The Bertz CT molecular complexity index is 500. The average Bonchev–Trinajstić information content (AvgIpc) is 2.61. The molecule has 0 aliphatic rings. The topological polar surface area (TPSA) is 23.8 Å². The first-order valence-corrected chi connectivity index (χ1v) is 5.25. The predicted octanol–water partition coefficient (Wildman–Crippen LogP) is 4.00. The van der Waals surface area contributed by atoms with Gasteiger partial charge in [0.1, 0.15) is 0 Å². The molecule has 2 aromatic rings. The van der Waals surface area contributed by atoms with E-state index in [-0.39, 0.29) is 0 Å². The maximum absolute atomic E-state index is 8.47. The molecule has 14 heavy (non-hydrogen) atoms. The molecule has 0 unspecified atom stereocenters. The lowest BCUT2D eigenvalue weighted by Crippen LogP contribution is -1.64. The van der Waals surface area contributed by atoms with Crippen LogP contribution in [0.1, 0.15) is 4.88 Å². The van der Waals surface area contributed by atoms with Crippen LogP contribution in [0.2, 0.25) is 0 Å². The van der Waals surface area contributed by atoms with E-state index >= 15 is 0 Å². The van der Waals surface area contributed by atoms with Crippen molar-refractivity contribution >= 4 is 38.1 Å². The summed E-state index contributed by atoms with van der Waals surface area (Å²) in [6.07, 6.45) is 1.35. The van der Waals surface area contributed by atoms with E-state index in [1.54, 1.807) is 11.3 Å². The van der Waals surface area contributed by atoms with Gasteiger partial charge in [-0.2, -0.15) is 5.26 Å². The first-order chi connectivity index (χ1) is 6.81. The molecule has 0 saturated heterocycles. The monoisotopic (exact) mass is 219 g/mol. The van der Waals surface area contributed by atoms with Crippen LogP contribution in [0.25, 0.3) is 15.1 Å². The Balaban J connectivity index is 2.57. The summed E-state index contributed by atoms with van der Waals surface area (Å²) in [5.41, 5.74) is 0. The molecule has 3 heteroatoms. The van der Waals surface area contributed by atoms with Crippen LogP contribution in [0, 0.1) is 11.3 Å². The molecule has 0 bridgehead atoms. The lowest BCUT2D eigenvalue weighted by Gasteiger charge is -1.86. The van der Waals surface area contributed by atoms with Crippen LogP contribution in [0.4, 0.5) is 0 Å². The second kappa shape index (κ2) is 3.83. The molecule has 0 amide bonds. The zero-order chi connectivity index (χ0) is 9.97. The Morgan fingerprint density at radius 3 is 2.93 bits per heavy atom. The van der Waals surface area contributed by atoms with Crippen molar-refractivity contribution in [1.82, 2.24) is 0 Å². The number of hydrogen-bond donors (Lipinski definition) is 0. The molecule has 0 fully saturated rings. The highest BCUT2D eigenvalue weighted by atomic mass is 35.5. The van der Waals surface area contributed by atoms with E-state index in [0.29, 0.717) is 5.03 Å². The van der Waals surface area contributed by atoms with Crippen LogP contribution in [-0.2, 0) is 0 Å². The van der Waals surface area contributed by atoms with Crippen molar-refractivity contribution in [2.24, 2.45) is 0 Å². The molecule has 0 radical (unpaired) electrons. The summed E-state index contributed by atoms with van der Waals surface area (Å²) in [4.78, 5) is 0.939. The van der Waals surface area contributed by atoms with Crippen LogP contribution in [-0.4, -0.2) is 0 Å². The second-order valence-corrected chi connectivity index (χ2v) is 4.26. The van der Waals surface area contributed by atoms with Crippen LogP contribution < -0.4 is 0 Å². The van der Waals surface area contributed by atoms with Gasteiger partial charge in [-0.3, -0.25) is 0 Å². The number of fused-ring (bicyclic) bond motifs is 1. The zero-order valence-electron chi connectivity index (χ0n) is 7.20. The normalized spacial score (nSPS) is 11.6. The van der Waals surface area contributed by atoms with Crippen LogP contribution in [0.15, 0.2) is 36.4 Å². The third-order valence-corrected chi connectivity index (χ3v) is 3.43. The minimum absolute atomic E-state index is 0.508. The van der Waals surface area contributed by atoms with Gasteiger partial charge in [0.2, 0.25) is 0 Å². The van der Waals surface area contributed by atoms with Gasteiger partial charge >= 0.3 is 0 Å². The number of nitrogens with zero attached hydrogens (tertiary/aromatic N) is 1. The molecule has 0 saturated carbocycles. The summed E-state index contributed by atoms with van der Waals surface area (Å²) in [5.74, 6) is 0. The highest BCUT2D eigenvalue weighted by molar-refractivity contribution is 7.20. The smallest absolute Gasteiger partial charge is 0.0928 e. The number of nitriles is 1. The number of rotatable bonds is 1. The SMILES string of the molecule is N#CC=C(Cl)c1cc2ccccc2s1. The van der Waals surface area contributed by atoms with Gasteiger partial charge in [0.15, 0.2) is 0 Å². The van der Waals surface area contributed by atoms with Gasteiger partial charge in [-0.1, -0.05) is 29.8 Å². The van der Waals surface area contributed by atoms with Crippen molar-refractivity contribution in [3.8, 4) is 6.07 Å². The lowest BCUT2D eigenvalue weighted by molar-refractivity contribution is 1.54. The molecule has 1 nitrogen and oxygen atoms in total. The average molecular weight is 220 g/mol. The zero-order valence-corrected chi connectivity index (χ0v) is 8.77. The molecular formula is C11H6ClNS. The van der Waals surface area contributed by atoms with E-state index < -0.39 is 0 Å². The van der Waals surface area contributed by atoms with Gasteiger partial charge in [0, 0.05) is 15.7 Å². The molecule has 0 aliphatic carbocycles. The van der Waals surface area contributed by atoms with Gasteiger partial charge in [-0.05, 0) is 17.5 Å². The Morgan fingerprint density at radius 2 is 2.21 bits per heavy atom. The van der Waals surface area contributed by atoms with Gasteiger partial charge in [0.25, 0.3) is 0 Å². The minimum Gasteiger partial charge on any atom is -0.193 e. The molecule has 0 atom stereocenters. The maximum atomic E-state index is 8.47. The number of hydrogen-bond acceptors (Lipinski definition) is 2. The van der Waals surface area contributed by atoms with Gasteiger partial charge in [-0.15, -0.1) is 11.3 Å². The maximum Gasteiger partial charge on any atom is 0.0928 e. The number of allylic oxidation sites excluding steroid dienone is 1. The largest absolute Gasteiger partial charge is 0.193 e. The molecule has 1 aromatic heterocycles. The van der Waals surface area contributed by atoms with Crippen LogP contribution in [0.5, 0.6) is 0 Å². The Labute approximate surface area is 90.9 Å². The molecule has 2 rings (SSSR count). The number of halogens is 1. The van der Waals surface area contributed by atoms with E-state index in [0.717, 1.165) is 10.3 Å². The van der Waals surface area contributed by atoms with E-state index in [9.17, 15) is 0 Å². The standard InChI is InChI=1S/C11H6ClNS/c12-9(5-6-13)11-7-8-3-1-2-4-10(8)14-11/h1-5,7H. The van der Waals surface area contributed by atoms with Gasteiger partial charge in [0.05, 0.1) is 11.1 Å². The van der Waals surface area contributed by atoms with E-state index in [1.165, 1.54) is 10.8 Å². The quantitative estimate of drug-likeness (QED) is 0.665. The Morgan fingerprint density at radius 1 is 1.43 bits per heavy atom. The first-order valence-electron chi connectivity index (χ1n) is 4.05. The summed E-state index contributed by atoms with van der Waals surface area (Å²) in [5, 5.41) is 10.1. The first kappa shape index (κ1) is 9.26. The summed E-state index contributed by atoms with van der Waals surface area (Å²) in [6, 6.07) is 12.0. The molecule has 0 aliphatic heterocycles. The van der Waals surface area contributed by atoms with E-state index in [2.05, 4.69) is 0 Å². The van der Waals surface area contributed by atoms with Crippen LogP contribution in [0.3, 0.4) is 0 Å². The molecule has 1 heterocycles. The highest BCUT2D eigenvalue weighted by Gasteiger charge is 2.03. The Kier molecular flexibility index (Phi) is 2.53. The molecule has 68 valence electrons. The highest BCUT2D eigenvalue weighted by Crippen LogP contribution is 2.31.